The number of nitrogens with one attached hydrogen (secondary N) is 1. The van der Waals surface area contributed by atoms with Crippen molar-refractivity contribution in [1.82, 2.24) is 14.1 Å². The molecule has 4 rings (SSSR count). The van der Waals surface area contributed by atoms with E-state index in [-0.39, 0.29) is 22.8 Å². The predicted octanol–water partition coefficient (Wildman–Crippen LogP) is 3.57. The van der Waals surface area contributed by atoms with Gasteiger partial charge in [0.25, 0.3) is 5.56 Å². The van der Waals surface area contributed by atoms with Crippen molar-refractivity contribution in [2.75, 3.05) is 31.9 Å². The van der Waals surface area contributed by atoms with E-state index in [1.54, 1.807) is 35.9 Å². The molecule has 0 saturated heterocycles. The Kier molecular flexibility index (Phi) is 7.87. The van der Waals surface area contributed by atoms with Crippen LogP contribution in [0, 0.1) is 0 Å². The highest BCUT2D eigenvalue weighted by molar-refractivity contribution is 7.99. The zero-order valence-electron chi connectivity index (χ0n) is 20.2. The molecule has 0 fully saturated rings. The number of ether oxygens (including phenoxy) is 2. The van der Waals surface area contributed by atoms with Crippen LogP contribution >= 0.6 is 11.8 Å². The molecule has 0 spiro atoms. The number of hydrogen-bond acceptors (Lipinski definition) is 7. The molecule has 2 aromatic carbocycles. The number of amides is 1. The first kappa shape index (κ1) is 25.2. The van der Waals surface area contributed by atoms with E-state index >= 15 is 0 Å². The minimum absolute atomic E-state index is 0.0199. The number of carbonyl (C=O) groups is 2. The zero-order chi connectivity index (χ0) is 25.7. The SMILES string of the molecule is COCCn1c(SCC(=O)Nc2ccccc2C(=O)OC)nc2c(-c3ccccc3)cn(C)c2c1=O. The minimum atomic E-state index is -0.545. The highest BCUT2D eigenvalue weighted by atomic mass is 32.2. The van der Waals surface area contributed by atoms with Crippen LogP contribution in [0.15, 0.2) is 70.7 Å². The van der Waals surface area contributed by atoms with E-state index < -0.39 is 5.97 Å². The topological polar surface area (TPSA) is 104 Å². The number of anilines is 1. The molecule has 2 heterocycles. The van der Waals surface area contributed by atoms with E-state index in [1.165, 1.54) is 11.7 Å². The van der Waals surface area contributed by atoms with Crippen LogP contribution in [0.2, 0.25) is 0 Å². The fraction of sp³-hybridized carbons (Fsp3) is 0.231. The molecule has 1 amide bonds. The maximum absolute atomic E-state index is 13.5. The van der Waals surface area contributed by atoms with Crippen LogP contribution < -0.4 is 10.9 Å². The average Bonchev–Trinajstić information content (AvgIpc) is 3.23. The molecule has 186 valence electrons. The second-order valence-corrected chi connectivity index (χ2v) is 8.88. The molecule has 2 aromatic heterocycles. The van der Waals surface area contributed by atoms with Crippen molar-refractivity contribution in [3.05, 3.63) is 76.7 Å². The number of para-hydroxylation sites is 1. The summed E-state index contributed by atoms with van der Waals surface area (Å²) < 4.78 is 13.3. The van der Waals surface area contributed by atoms with Gasteiger partial charge in [0.1, 0.15) is 11.0 Å². The Hall–Kier alpha value is -3.89. The van der Waals surface area contributed by atoms with Gasteiger partial charge in [-0.2, -0.15) is 0 Å². The Bertz CT molecular complexity index is 1460. The highest BCUT2D eigenvalue weighted by Gasteiger charge is 2.20. The van der Waals surface area contributed by atoms with Crippen molar-refractivity contribution in [1.29, 1.82) is 0 Å². The number of esters is 1. The van der Waals surface area contributed by atoms with E-state index in [9.17, 15) is 14.4 Å². The summed E-state index contributed by atoms with van der Waals surface area (Å²) in [7, 11) is 4.66. The Morgan fingerprint density at radius 3 is 2.50 bits per heavy atom. The van der Waals surface area contributed by atoms with Gasteiger partial charge in [0, 0.05) is 25.9 Å². The fourth-order valence-corrected chi connectivity index (χ4v) is 4.68. The quantitative estimate of drug-likeness (QED) is 0.210. The van der Waals surface area contributed by atoms with Gasteiger partial charge in [-0.05, 0) is 17.7 Å². The molecule has 9 nitrogen and oxygen atoms in total. The van der Waals surface area contributed by atoms with Gasteiger partial charge in [-0.25, -0.2) is 9.78 Å². The molecule has 10 heteroatoms. The molecule has 0 unspecified atom stereocenters. The summed E-state index contributed by atoms with van der Waals surface area (Å²) in [5, 5.41) is 3.15. The smallest absolute Gasteiger partial charge is 0.339 e. The second kappa shape index (κ2) is 11.2. The number of aryl methyl sites for hydroxylation is 1. The Balaban J connectivity index is 1.67. The van der Waals surface area contributed by atoms with Crippen LogP contribution in [0.4, 0.5) is 5.69 Å². The Labute approximate surface area is 212 Å². The van der Waals surface area contributed by atoms with Gasteiger partial charge in [-0.1, -0.05) is 54.2 Å². The van der Waals surface area contributed by atoms with E-state index in [0.717, 1.165) is 22.9 Å². The predicted molar refractivity (Wildman–Crippen MR) is 139 cm³/mol. The summed E-state index contributed by atoms with van der Waals surface area (Å²) in [5.41, 5.74) is 3.23. The molecule has 0 atom stereocenters. The number of methoxy groups -OCH3 is 2. The lowest BCUT2D eigenvalue weighted by molar-refractivity contribution is -0.113. The first-order valence-corrected chi connectivity index (χ1v) is 12.2. The Morgan fingerprint density at radius 2 is 1.78 bits per heavy atom. The number of nitrogens with zero attached hydrogens (tertiary/aromatic N) is 3. The molecule has 0 saturated carbocycles. The summed E-state index contributed by atoms with van der Waals surface area (Å²) in [6.45, 7) is 0.606. The maximum atomic E-state index is 13.5. The van der Waals surface area contributed by atoms with Crippen molar-refractivity contribution in [3.8, 4) is 11.1 Å². The molecule has 0 aliphatic heterocycles. The number of fused-ring (bicyclic) bond motifs is 1. The van der Waals surface area contributed by atoms with E-state index in [1.807, 2.05) is 43.6 Å². The number of hydrogen-bond donors (Lipinski definition) is 1. The molecular weight excluding hydrogens is 480 g/mol. The van der Waals surface area contributed by atoms with Gasteiger partial charge in [-0.3, -0.25) is 14.2 Å². The van der Waals surface area contributed by atoms with Crippen LogP contribution in [-0.4, -0.2) is 52.6 Å². The molecule has 0 aliphatic rings. The van der Waals surface area contributed by atoms with Crippen LogP contribution in [0.25, 0.3) is 22.2 Å². The van der Waals surface area contributed by atoms with Gasteiger partial charge >= 0.3 is 5.97 Å². The third kappa shape index (κ3) is 5.19. The van der Waals surface area contributed by atoms with Gasteiger partial charge < -0.3 is 19.4 Å². The van der Waals surface area contributed by atoms with Crippen molar-refractivity contribution < 1.29 is 19.1 Å². The monoisotopic (exact) mass is 506 g/mol. The van der Waals surface area contributed by atoms with Gasteiger partial charge in [0.2, 0.25) is 5.91 Å². The summed E-state index contributed by atoms with van der Waals surface area (Å²) in [6.07, 6.45) is 1.89. The average molecular weight is 507 g/mol. The lowest BCUT2D eigenvalue weighted by atomic mass is 10.1. The van der Waals surface area contributed by atoms with E-state index in [4.69, 9.17) is 14.5 Å². The summed E-state index contributed by atoms with van der Waals surface area (Å²) in [5.74, 6) is -0.912. The van der Waals surface area contributed by atoms with E-state index in [2.05, 4.69) is 5.32 Å². The number of aromatic nitrogens is 3. The van der Waals surface area contributed by atoms with Crippen LogP contribution in [0.3, 0.4) is 0 Å². The molecular formula is C26H26N4O5S. The summed E-state index contributed by atoms with van der Waals surface area (Å²) in [6, 6.07) is 16.3. The van der Waals surface area contributed by atoms with Crippen LogP contribution in [-0.2, 0) is 27.9 Å². The minimum Gasteiger partial charge on any atom is -0.465 e. The van der Waals surface area contributed by atoms with Gasteiger partial charge in [0.15, 0.2) is 5.16 Å². The molecule has 36 heavy (non-hydrogen) atoms. The van der Waals surface area contributed by atoms with Crippen molar-refractivity contribution >= 4 is 40.4 Å². The van der Waals surface area contributed by atoms with E-state index in [0.29, 0.717) is 35.0 Å². The first-order chi connectivity index (χ1) is 17.4. The first-order valence-electron chi connectivity index (χ1n) is 11.2. The van der Waals surface area contributed by atoms with Crippen molar-refractivity contribution in [2.24, 2.45) is 7.05 Å². The highest BCUT2D eigenvalue weighted by Crippen LogP contribution is 2.29. The zero-order valence-corrected chi connectivity index (χ0v) is 21.0. The largest absolute Gasteiger partial charge is 0.465 e. The third-order valence-corrected chi connectivity index (χ3v) is 6.56. The number of thioether (sulfide) groups is 1. The lowest BCUT2D eigenvalue weighted by Crippen LogP contribution is -2.27. The standard InChI is InChI=1S/C26H26N4O5S/c1-29-15-19(17-9-5-4-6-10-17)22-23(29)24(32)30(13-14-34-2)26(28-22)36-16-21(31)27-20-12-8-7-11-18(20)25(33)35-3/h4-12,15H,13-14,16H2,1-3H3,(H,27,31). The van der Waals surface area contributed by atoms with Crippen LogP contribution in [0.5, 0.6) is 0 Å². The van der Waals surface area contributed by atoms with Gasteiger partial charge in [-0.15, -0.1) is 0 Å². The number of rotatable bonds is 9. The Morgan fingerprint density at radius 1 is 1.06 bits per heavy atom. The molecule has 0 aliphatic carbocycles. The molecule has 0 radical (unpaired) electrons. The second-order valence-electron chi connectivity index (χ2n) is 7.93. The van der Waals surface area contributed by atoms with Crippen molar-refractivity contribution in [3.63, 3.8) is 0 Å². The number of benzene rings is 2. The number of carbonyl (C=O) groups excluding carboxylic acids is 2. The molecule has 1 N–H and O–H groups in total. The molecule has 4 aromatic rings. The summed E-state index contributed by atoms with van der Waals surface area (Å²) >= 11 is 1.15. The van der Waals surface area contributed by atoms with Gasteiger partial charge in [0.05, 0.1) is 37.3 Å². The maximum Gasteiger partial charge on any atom is 0.339 e. The van der Waals surface area contributed by atoms with Crippen LogP contribution in [0.1, 0.15) is 10.4 Å². The summed E-state index contributed by atoms with van der Waals surface area (Å²) in [4.78, 5) is 43.1. The van der Waals surface area contributed by atoms with Crippen molar-refractivity contribution in [2.45, 2.75) is 11.7 Å². The lowest BCUT2D eigenvalue weighted by Gasteiger charge is -2.13. The fourth-order valence-electron chi connectivity index (χ4n) is 3.87. The molecule has 0 bridgehead atoms. The third-order valence-electron chi connectivity index (χ3n) is 5.58. The normalized spacial score (nSPS) is 11.0.